The molecule has 9 atom stereocenters. The Labute approximate surface area is 130 Å². The van der Waals surface area contributed by atoms with Gasteiger partial charge in [-0.1, -0.05) is 0 Å². The molecule has 2 aliphatic rings. The van der Waals surface area contributed by atoms with Crippen LogP contribution in [0.3, 0.4) is 0 Å². The number of aliphatic hydroxyl groups excluding tert-OH is 8. The smallest absolute Gasteiger partial charge is 0.224 e. The van der Waals surface area contributed by atoms with Crippen LogP contribution in [0, 0.1) is 0 Å². The summed E-state index contributed by atoms with van der Waals surface area (Å²) in [6.45, 7) is -2.32. The van der Waals surface area contributed by atoms with Crippen molar-refractivity contribution in [3.05, 3.63) is 0 Å². The van der Waals surface area contributed by atoms with E-state index in [0.717, 1.165) is 0 Å². The maximum absolute atomic E-state index is 10.00. The van der Waals surface area contributed by atoms with E-state index in [2.05, 4.69) is 0 Å². The average Bonchev–Trinajstić information content (AvgIpc) is 2.80. The maximum atomic E-state index is 10.00. The maximum Gasteiger partial charge on any atom is 0.224 e. The van der Waals surface area contributed by atoms with Gasteiger partial charge in [0.2, 0.25) is 5.79 Å². The van der Waals surface area contributed by atoms with Crippen molar-refractivity contribution in [2.45, 2.75) is 54.8 Å². The van der Waals surface area contributed by atoms with Crippen molar-refractivity contribution in [3.8, 4) is 0 Å². The molecule has 0 saturated carbocycles. The number of hydrogen-bond donors (Lipinski definition) is 8. The molecule has 0 aromatic carbocycles. The van der Waals surface area contributed by atoms with E-state index in [1.807, 2.05) is 0 Å². The number of aliphatic hydroxyl groups is 8. The highest BCUT2D eigenvalue weighted by Crippen LogP contribution is 2.35. The van der Waals surface area contributed by atoms with Crippen LogP contribution in [0.5, 0.6) is 0 Å². The molecule has 2 saturated heterocycles. The lowest BCUT2D eigenvalue weighted by Crippen LogP contribution is -2.62. The number of hydrogen-bond acceptors (Lipinski definition) is 11. The summed E-state index contributed by atoms with van der Waals surface area (Å²) in [6, 6.07) is 0. The Morgan fingerprint density at radius 2 is 1.39 bits per heavy atom. The van der Waals surface area contributed by atoms with Gasteiger partial charge in [-0.2, -0.15) is 0 Å². The Morgan fingerprint density at radius 3 is 1.87 bits per heavy atom. The summed E-state index contributed by atoms with van der Waals surface area (Å²) in [5, 5.41) is 76.7. The lowest BCUT2D eigenvalue weighted by atomic mass is 9.99. The van der Waals surface area contributed by atoms with Crippen LogP contribution in [0.4, 0.5) is 0 Å². The summed E-state index contributed by atoms with van der Waals surface area (Å²) in [6.07, 6.45) is -12.7. The third-order valence-corrected chi connectivity index (χ3v) is 4.07. The predicted octanol–water partition coefficient (Wildman–Crippen LogP) is -5.40. The van der Waals surface area contributed by atoms with E-state index in [1.54, 1.807) is 0 Å². The highest BCUT2D eigenvalue weighted by atomic mass is 16.8. The zero-order valence-corrected chi connectivity index (χ0v) is 12.0. The van der Waals surface area contributed by atoms with Crippen molar-refractivity contribution >= 4 is 0 Å². The fourth-order valence-corrected chi connectivity index (χ4v) is 2.63. The van der Waals surface area contributed by atoms with E-state index < -0.39 is 74.6 Å². The molecule has 0 aliphatic carbocycles. The van der Waals surface area contributed by atoms with Crippen LogP contribution in [0.25, 0.3) is 0 Å². The zero-order valence-electron chi connectivity index (χ0n) is 12.0. The van der Waals surface area contributed by atoms with Gasteiger partial charge in [-0.15, -0.1) is 0 Å². The van der Waals surface area contributed by atoms with Gasteiger partial charge in [-0.25, -0.2) is 0 Å². The molecule has 2 aliphatic heterocycles. The summed E-state index contributed by atoms with van der Waals surface area (Å²) in [5.41, 5.74) is 0. The third kappa shape index (κ3) is 3.23. The molecular weight excluding hydrogens is 320 g/mol. The van der Waals surface area contributed by atoms with E-state index in [9.17, 15) is 30.6 Å². The second-order valence-corrected chi connectivity index (χ2v) is 5.56. The summed E-state index contributed by atoms with van der Waals surface area (Å²) in [5.74, 6) is -2.22. The minimum Gasteiger partial charge on any atom is -0.394 e. The Balaban J connectivity index is 2.18. The van der Waals surface area contributed by atoms with Gasteiger partial charge in [0.1, 0.15) is 49.3 Å². The SMILES string of the molecule is OCC1O[C@@H](O[C@]2(CO)O[C@H](CO)C(O)[C@@H]2O)C(O)[C@@H](O)[C@H]1O. The van der Waals surface area contributed by atoms with Crippen LogP contribution in [0.15, 0.2) is 0 Å². The van der Waals surface area contributed by atoms with Crippen LogP contribution >= 0.6 is 0 Å². The normalized spacial score (nSPS) is 51.1. The van der Waals surface area contributed by atoms with Gasteiger partial charge in [0.25, 0.3) is 0 Å². The molecule has 8 N–H and O–H groups in total. The zero-order chi connectivity index (χ0) is 17.4. The molecule has 136 valence electrons. The quantitative estimate of drug-likeness (QED) is 0.238. The molecule has 0 aromatic rings. The highest BCUT2D eigenvalue weighted by molar-refractivity contribution is 4.98. The molecule has 0 aromatic heterocycles. The van der Waals surface area contributed by atoms with Crippen LogP contribution in [-0.4, -0.2) is 115 Å². The summed E-state index contributed by atoms with van der Waals surface area (Å²) in [7, 11) is 0. The molecular formula is C12H22O11. The highest BCUT2D eigenvalue weighted by Gasteiger charge is 2.58. The van der Waals surface area contributed by atoms with E-state index in [1.165, 1.54) is 0 Å². The van der Waals surface area contributed by atoms with Gasteiger partial charge in [0.05, 0.1) is 13.2 Å². The van der Waals surface area contributed by atoms with E-state index in [4.69, 9.17) is 24.4 Å². The topological polar surface area (TPSA) is 190 Å². The van der Waals surface area contributed by atoms with Crippen molar-refractivity contribution in [2.24, 2.45) is 0 Å². The second-order valence-electron chi connectivity index (χ2n) is 5.56. The molecule has 0 bridgehead atoms. The standard InChI is InChI=1S/C12H22O11/c13-1-4-6(16)8(18)9(19)11(21-4)23-12(3-15)10(20)7(17)5(2-14)22-12/h4-11,13-20H,1-3H2/t4?,5-,6+,7?,8+,9?,10+,11+,12+/m1/s1. The molecule has 0 radical (unpaired) electrons. The molecule has 3 unspecified atom stereocenters. The molecule has 2 heterocycles. The molecule has 0 spiro atoms. The van der Waals surface area contributed by atoms with Crippen molar-refractivity contribution in [2.75, 3.05) is 19.8 Å². The fourth-order valence-electron chi connectivity index (χ4n) is 2.63. The molecule has 11 heteroatoms. The fraction of sp³-hybridized carbons (Fsp3) is 1.00. The molecule has 2 rings (SSSR count). The molecule has 23 heavy (non-hydrogen) atoms. The first-order chi connectivity index (χ1) is 10.8. The molecule has 0 amide bonds. The summed E-state index contributed by atoms with van der Waals surface area (Å²) in [4.78, 5) is 0. The van der Waals surface area contributed by atoms with Crippen molar-refractivity contribution in [3.63, 3.8) is 0 Å². The summed E-state index contributed by atoms with van der Waals surface area (Å²) < 4.78 is 15.4. The van der Waals surface area contributed by atoms with Crippen LogP contribution < -0.4 is 0 Å². The van der Waals surface area contributed by atoms with Gasteiger partial charge >= 0.3 is 0 Å². The third-order valence-electron chi connectivity index (χ3n) is 4.07. The van der Waals surface area contributed by atoms with Gasteiger partial charge in [-0.05, 0) is 0 Å². The first kappa shape index (κ1) is 18.9. The minimum atomic E-state index is -2.22. The van der Waals surface area contributed by atoms with E-state index in [-0.39, 0.29) is 0 Å². The van der Waals surface area contributed by atoms with Crippen LogP contribution in [0.2, 0.25) is 0 Å². The van der Waals surface area contributed by atoms with Crippen LogP contribution in [-0.2, 0) is 14.2 Å². The second kappa shape index (κ2) is 7.21. The minimum absolute atomic E-state index is 0.669. The van der Waals surface area contributed by atoms with Gasteiger partial charge in [-0.3, -0.25) is 0 Å². The largest absolute Gasteiger partial charge is 0.394 e. The first-order valence-electron chi connectivity index (χ1n) is 7.05. The Hall–Kier alpha value is -0.440. The van der Waals surface area contributed by atoms with Gasteiger partial charge in [0.15, 0.2) is 6.29 Å². The number of rotatable bonds is 5. The van der Waals surface area contributed by atoms with E-state index >= 15 is 0 Å². The molecule has 11 nitrogen and oxygen atoms in total. The van der Waals surface area contributed by atoms with E-state index in [0.29, 0.717) is 0 Å². The van der Waals surface area contributed by atoms with Crippen LogP contribution in [0.1, 0.15) is 0 Å². The van der Waals surface area contributed by atoms with Gasteiger partial charge in [0, 0.05) is 0 Å². The lowest BCUT2D eigenvalue weighted by molar-refractivity contribution is -0.383. The number of ether oxygens (including phenoxy) is 3. The molecule has 2 fully saturated rings. The first-order valence-corrected chi connectivity index (χ1v) is 7.05. The Morgan fingerprint density at radius 1 is 0.783 bits per heavy atom. The van der Waals surface area contributed by atoms with Crippen molar-refractivity contribution < 1.29 is 55.1 Å². The van der Waals surface area contributed by atoms with Crippen molar-refractivity contribution in [1.29, 1.82) is 0 Å². The van der Waals surface area contributed by atoms with Crippen molar-refractivity contribution in [1.82, 2.24) is 0 Å². The lowest BCUT2D eigenvalue weighted by Gasteiger charge is -2.43. The Kier molecular flexibility index (Phi) is 5.92. The summed E-state index contributed by atoms with van der Waals surface area (Å²) >= 11 is 0. The Bertz CT molecular complexity index is 393. The van der Waals surface area contributed by atoms with Gasteiger partial charge < -0.3 is 55.1 Å². The average molecular weight is 342 g/mol. The monoisotopic (exact) mass is 342 g/mol. The predicted molar refractivity (Wildman–Crippen MR) is 68.6 cm³/mol.